The van der Waals surface area contributed by atoms with E-state index in [1.54, 1.807) is 0 Å². The minimum absolute atomic E-state index is 0.711. The molecular weight excluding hydrogens is 326 g/mol. The highest BCUT2D eigenvalue weighted by Crippen LogP contribution is 2.28. The normalized spacial score (nSPS) is 17.6. The third-order valence-electron chi connectivity index (χ3n) is 4.18. The summed E-state index contributed by atoms with van der Waals surface area (Å²) >= 11 is 3.47. The van der Waals surface area contributed by atoms with Gasteiger partial charge in [0.05, 0.1) is 0 Å². The number of fused-ring (bicyclic) bond motifs is 1. The lowest BCUT2D eigenvalue weighted by atomic mass is 9.85. The molecule has 1 N–H and O–H groups in total. The molecule has 0 fully saturated rings. The zero-order valence-corrected chi connectivity index (χ0v) is 14.1. The second kappa shape index (κ2) is 6.24. The largest absolute Gasteiger partial charge is 0.319 e. The Morgan fingerprint density at radius 2 is 2.00 bits per heavy atom. The number of aryl methyl sites for hydroxylation is 2. The molecule has 1 atom stereocenters. The maximum atomic E-state index is 4.82. The molecule has 1 aliphatic carbocycles. The Bertz CT molecular complexity index is 637. The van der Waals surface area contributed by atoms with Gasteiger partial charge in [0.15, 0.2) is 5.82 Å². The highest BCUT2D eigenvalue weighted by Gasteiger charge is 2.22. The smallest absolute Gasteiger partial charge is 0.159 e. The van der Waals surface area contributed by atoms with Gasteiger partial charge in [-0.3, -0.25) is 0 Å². The molecule has 21 heavy (non-hydrogen) atoms. The van der Waals surface area contributed by atoms with E-state index in [1.807, 2.05) is 19.2 Å². The van der Waals surface area contributed by atoms with Crippen LogP contribution in [0.2, 0.25) is 0 Å². The van der Waals surface area contributed by atoms with E-state index in [1.165, 1.54) is 17.7 Å². The summed E-state index contributed by atoms with van der Waals surface area (Å²) in [6, 6.07) is 8.21. The van der Waals surface area contributed by atoms with Crippen LogP contribution in [0.5, 0.6) is 0 Å². The van der Waals surface area contributed by atoms with Crippen molar-refractivity contribution in [2.24, 2.45) is 5.92 Å². The van der Waals surface area contributed by atoms with Crippen LogP contribution in [0, 0.1) is 12.8 Å². The molecule has 3 rings (SSSR count). The molecule has 0 radical (unpaired) electrons. The van der Waals surface area contributed by atoms with Crippen molar-refractivity contribution >= 4 is 15.9 Å². The minimum atomic E-state index is 0.711. The van der Waals surface area contributed by atoms with Gasteiger partial charge in [0.25, 0.3) is 0 Å². The summed E-state index contributed by atoms with van der Waals surface area (Å²) in [6.07, 6.45) is 3.38. The van der Waals surface area contributed by atoms with E-state index in [0.29, 0.717) is 5.92 Å². The van der Waals surface area contributed by atoms with Crippen LogP contribution < -0.4 is 5.32 Å². The van der Waals surface area contributed by atoms with Crippen LogP contribution in [0.1, 0.15) is 23.4 Å². The SMILES string of the molecule is CNCC1CCc2nc(-c3ccc(Br)cc3)nc(C)c2C1. The average Bonchev–Trinajstić information content (AvgIpc) is 2.49. The topological polar surface area (TPSA) is 37.8 Å². The minimum Gasteiger partial charge on any atom is -0.319 e. The van der Waals surface area contributed by atoms with Crippen molar-refractivity contribution in [3.8, 4) is 11.4 Å². The molecule has 1 heterocycles. The third-order valence-corrected chi connectivity index (χ3v) is 4.71. The number of halogens is 1. The van der Waals surface area contributed by atoms with E-state index in [-0.39, 0.29) is 0 Å². The standard InChI is InChI=1S/C17H20BrN3/c1-11-15-9-12(10-19-2)3-8-16(15)21-17(20-11)13-4-6-14(18)7-5-13/h4-7,12,19H,3,8-10H2,1-2H3. The quantitative estimate of drug-likeness (QED) is 0.924. The van der Waals surface area contributed by atoms with Crippen LogP contribution in [-0.2, 0) is 12.8 Å². The van der Waals surface area contributed by atoms with Gasteiger partial charge in [-0.25, -0.2) is 9.97 Å². The van der Waals surface area contributed by atoms with Gasteiger partial charge < -0.3 is 5.32 Å². The first-order valence-corrected chi connectivity index (χ1v) is 8.23. The molecule has 1 unspecified atom stereocenters. The Morgan fingerprint density at radius 1 is 1.24 bits per heavy atom. The molecule has 0 saturated carbocycles. The number of rotatable bonds is 3. The third kappa shape index (κ3) is 3.16. The number of aromatic nitrogens is 2. The number of hydrogen-bond donors (Lipinski definition) is 1. The predicted octanol–water partition coefficient (Wildman–Crippen LogP) is 3.54. The maximum absolute atomic E-state index is 4.82. The molecule has 0 amide bonds. The molecule has 0 bridgehead atoms. The monoisotopic (exact) mass is 345 g/mol. The Morgan fingerprint density at radius 3 is 2.71 bits per heavy atom. The van der Waals surface area contributed by atoms with Crippen LogP contribution in [-0.4, -0.2) is 23.6 Å². The van der Waals surface area contributed by atoms with Gasteiger partial charge in [0, 0.05) is 21.4 Å². The Hall–Kier alpha value is -1.26. The predicted molar refractivity (Wildman–Crippen MR) is 89.3 cm³/mol. The van der Waals surface area contributed by atoms with Crippen molar-refractivity contribution in [1.82, 2.24) is 15.3 Å². The van der Waals surface area contributed by atoms with E-state index in [9.17, 15) is 0 Å². The van der Waals surface area contributed by atoms with E-state index in [2.05, 4.69) is 40.3 Å². The van der Waals surface area contributed by atoms with Crippen molar-refractivity contribution in [2.75, 3.05) is 13.6 Å². The van der Waals surface area contributed by atoms with E-state index >= 15 is 0 Å². The van der Waals surface area contributed by atoms with Crippen molar-refractivity contribution in [3.63, 3.8) is 0 Å². The molecule has 110 valence electrons. The molecule has 0 aliphatic heterocycles. The van der Waals surface area contributed by atoms with Crippen molar-refractivity contribution in [2.45, 2.75) is 26.2 Å². The lowest BCUT2D eigenvalue weighted by Crippen LogP contribution is -2.26. The maximum Gasteiger partial charge on any atom is 0.159 e. The summed E-state index contributed by atoms with van der Waals surface area (Å²) < 4.78 is 1.08. The lowest BCUT2D eigenvalue weighted by molar-refractivity contribution is 0.433. The summed E-state index contributed by atoms with van der Waals surface area (Å²) in [6.45, 7) is 3.19. The van der Waals surface area contributed by atoms with Gasteiger partial charge in [-0.05, 0) is 63.4 Å². The van der Waals surface area contributed by atoms with Gasteiger partial charge >= 0.3 is 0 Å². The van der Waals surface area contributed by atoms with Crippen molar-refractivity contribution in [3.05, 3.63) is 45.7 Å². The molecule has 2 aromatic rings. The molecular formula is C17H20BrN3. The zero-order chi connectivity index (χ0) is 14.8. The Balaban J connectivity index is 1.93. The first kappa shape index (κ1) is 14.7. The second-order valence-corrected chi connectivity index (χ2v) is 6.65. The highest BCUT2D eigenvalue weighted by molar-refractivity contribution is 9.10. The summed E-state index contributed by atoms with van der Waals surface area (Å²) in [4.78, 5) is 9.56. The summed E-state index contributed by atoms with van der Waals surface area (Å²) in [5.74, 6) is 1.56. The molecule has 1 aliphatic rings. The van der Waals surface area contributed by atoms with Crippen molar-refractivity contribution < 1.29 is 0 Å². The van der Waals surface area contributed by atoms with Gasteiger partial charge in [0.1, 0.15) is 0 Å². The van der Waals surface area contributed by atoms with E-state index in [4.69, 9.17) is 9.97 Å². The Kier molecular flexibility index (Phi) is 4.36. The molecule has 1 aromatic carbocycles. The zero-order valence-electron chi connectivity index (χ0n) is 12.5. The number of benzene rings is 1. The molecule has 0 spiro atoms. The Labute approximate surface area is 134 Å². The summed E-state index contributed by atoms with van der Waals surface area (Å²) in [5, 5.41) is 3.28. The van der Waals surface area contributed by atoms with Crippen LogP contribution in [0.25, 0.3) is 11.4 Å². The molecule has 4 heteroatoms. The van der Waals surface area contributed by atoms with Gasteiger partial charge in [-0.1, -0.05) is 28.1 Å². The second-order valence-electron chi connectivity index (χ2n) is 5.73. The molecule has 0 saturated heterocycles. The van der Waals surface area contributed by atoms with E-state index < -0.39 is 0 Å². The number of nitrogens with zero attached hydrogens (tertiary/aromatic N) is 2. The van der Waals surface area contributed by atoms with Crippen LogP contribution in [0.3, 0.4) is 0 Å². The highest BCUT2D eigenvalue weighted by atomic mass is 79.9. The van der Waals surface area contributed by atoms with Gasteiger partial charge in [-0.2, -0.15) is 0 Å². The van der Waals surface area contributed by atoms with Crippen LogP contribution in [0.4, 0.5) is 0 Å². The van der Waals surface area contributed by atoms with Crippen LogP contribution >= 0.6 is 15.9 Å². The molecule has 1 aromatic heterocycles. The number of nitrogens with one attached hydrogen (secondary N) is 1. The number of hydrogen-bond acceptors (Lipinski definition) is 3. The fraction of sp³-hybridized carbons (Fsp3) is 0.412. The van der Waals surface area contributed by atoms with Gasteiger partial charge in [0.2, 0.25) is 0 Å². The van der Waals surface area contributed by atoms with E-state index in [0.717, 1.165) is 40.9 Å². The summed E-state index contributed by atoms with van der Waals surface area (Å²) in [5.41, 5.74) is 4.83. The first-order valence-electron chi connectivity index (χ1n) is 7.44. The van der Waals surface area contributed by atoms with Crippen LogP contribution in [0.15, 0.2) is 28.7 Å². The van der Waals surface area contributed by atoms with Crippen molar-refractivity contribution in [1.29, 1.82) is 0 Å². The fourth-order valence-corrected chi connectivity index (χ4v) is 3.31. The summed E-state index contributed by atoms with van der Waals surface area (Å²) in [7, 11) is 2.02. The fourth-order valence-electron chi connectivity index (χ4n) is 3.05. The average molecular weight is 346 g/mol. The molecule has 3 nitrogen and oxygen atoms in total. The lowest BCUT2D eigenvalue weighted by Gasteiger charge is -2.25. The van der Waals surface area contributed by atoms with Gasteiger partial charge in [-0.15, -0.1) is 0 Å². The first-order chi connectivity index (χ1) is 10.2.